The third kappa shape index (κ3) is 3.84. The van der Waals surface area contributed by atoms with Gasteiger partial charge in [0.05, 0.1) is 12.8 Å². The molecular weight excluding hydrogens is 370 g/mol. The van der Waals surface area contributed by atoms with Gasteiger partial charge in [0.15, 0.2) is 11.5 Å². The predicted molar refractivity (Wildman–Crippen MR) is 112 cm³/mol. The van der Waals surface area contributed by atoms with Crippen LogP contribution in [0.4, 0.5) is 11.4 Å². The monoisotopic (exact) mass is 393 g/mol. The molecule has 4 rings (SSSR count). The van der Waals surface area contributed by atoms with Crippen molar-refractivity contribution in [1.82, 2.24) is 0 Å². The molecular formula is C23H23NO5. The SMILES string of the molecule is COc1ccc(N(C)c2cc(=O)oc3ccccc23)cc1OC1(C=C(C)C)CO1. The van der Waals surface area contributed by atoms with Gasteiger partial charge >= 0.3 is 5.63 Å². The lowest BCUT2D eigenvalue weighted by Crippen LogP contribution is -2.18. The van der Waals surface area contributed by atoms with E-state index >= 15 is 0 Å². The van der Waals surface area contributed by atoms with Crippen LogP contribution in [0.3, 0.4) is 0 Å². The average Bonchev–Trinajstić information content (AvgIpc) is 3.44. The van der Waals surface area contributed by atoms with Crippen LogP contribution in [0.1, 0.15) is 13.8 Å². The highest BCUT2D eigenvalue weighted by Gasteiger charge is 2.46. The van der Waals surface area contributed by atoms with Gasteiger partial charge in [-0.2, -0.15) is 0 Å². The summed E-state index contributed by atoms with van der Waals surface area (Å²) in [5.41, 5.74) is 2.83. The molecule has 0 bridgehead atoms. The van der Waals surface area contributed by atoms with E-state index in [9.17, 15) is 4.79 Å². The summed E-state index contributed by atoms with van der Waals surface area (Å²) >= 11 is 0. The number of allylic oxidation sites excluding steroid dienone is 1. The number of fused-ring (bicyclic) bond motifs is 1. The largest absolute Gasteiger partial charge is 0.493 e. The number of para-hydroxylation sites is 1. The number of hydrogen-bond donors (Lipinski definition) is 0. The lowest BCUT2D eigenvalue weighted by Gasteiger charge is -2.23. The van der Waals surface area contributed by atoms with Crippen LogP contribution < -0.4 is 20.0 Å². The van der Waals surface area contributed by atoms with Gasteiger partial charge in [0.25, 0.3) is 5.79 Å². The van der Waals surface area contributed by atoms with E-state index in [4.69, 9.17) is 18.6 Å². The van der Waals surface area contributed by atoms with Crippen LogP contribution in [0, 0.1) is 0 Å². The number of rotatable bonds is 6. The molecule has 1 fully saturated rings. The minimum absolute atomic E-state index is 0.399. The Morgan fingerprint density at radius 2 is 1.90 bits per heavy atom. The summed E-state index contributed by atoms with van der Waals surface area (Å²) in [7, 11) is 3.50. The van der Waals surface area contributed by atoms with Gasteiger partial charge in [0, 0.05) is 30.3 Å². The normalized spacial score (nSPS) is 17.7. The topological polar surface area (TPSA) is 64.4 Å². The fourth-order valence-corrected chi connectivity index (χ4v) is 3.33. The van der Waals surface area contributed by atoms with Crippen molar-refractivity contribution in [3.8, 4) is 11.5 Å². The van der Waals surface area contributed by atoms with Crippen LogP contribution in [0.15, 0.2) is 69.4 Å². The Hall–Kier alpha value is -3.25. The molecule has 6 heteroatoms. The second-order valence-corrected chi connectivity index (χ2v) is 7.27. The summed E-state index contributed by atoms with van der Waals surface area (Å²) in [6.07, 6.45) is 1.96. The number of methoxy groups -OCH3 is 1. The number of ether oxygens (including phenoxy) is 3. The van der Waals surface area contributed by atoms with Crippen LogP contribution in [0.25, 0.3) is 11.0 Å². The van der Waals surface area contributed by atoms with Gasteiger partial charge in [-0.15, -0.1) is 0 Å². The second-order valence-electron chi connectivity index (χ2n) is 7.27. The van der Waals surface area contributed by atoms with Crippen molar-refractivity contribution >= 4 is 22.3 Å². The number of nitrogens with zero attached hydrogens (tertiary/aromatic N) is 1. The van der Waals surface area contributed by atoms with Gasteiger partial charge in [-0.1, -0.05) is 17.7 Å². The highest BCUT2D eigenvalue weighted by atomic mass is 16.8. The molecule has 0 N–H and O–H groups in total. The van der Waals surface area contributed by atoms with E-state index in [2.05, 4.69) is 0 Å². The quantitative estimate of drug-likeness (QED) is 0.345. The fraction of sp³-hybridized carbons (Fsp3) is 0.261. The molecule has 1 atom stereocenters. The molecule has 150 valence electrons. The molecule has 0 aliphatic carbocycles. The molecule has 1 aliphatic rings. The Morgan fingerprint density at radius 1 is 1.14 bits per heavy atom. The molecule has 2 aromatic carbocycles. The summed E-state index contributed by atoms with van der Waals surface area (Å²) in [5, 5.41) is 0.847. The van der Waals surface area contributed by atoms with Crippen LogP contribution in [0.2, 0.25) is 0 Å². The van der Waals surface area contributed by atoms with Crippen molar-refractivity contribution in [2.24, 2.45) is 0 Å². The van der Waals surface area contributed by atoms with E-state index in [1.54, 1.807) is 13.2 Å². The van der Waals surface area contributed by atoms with Gasteiger partial charge in [0.2, 0.25) is 0 Å². The molecule has 1 unspecified atom stereocenters. The number of benzene rings is 2. The van der Waals surface area contributed by atoms with Gasteiger partial charge in [0.1, 0.15) is 12.2 Å². The Bertz CT molecular complexity index is 1140. The Labute approximate surface area is 168 Å². The van der Waals surface area contributed by atoms with E-state index in [1.165, 1.54) is 6.07 Å². The van der Waals surface area contributed by atoms with Gasteiger partial charge in [-0.05, 0) is 44.2 Å². The van der Waals surface area contributed by atoms with Crippen LogP contribution in [-0.2, 0) is 4.74 Å². The van der Waals surface area contributed by atoms with E-state index in [0.29, 0.717) is 23.7 Å². The molecule has 2 heterocycles. The maximum absolute atomic E-state index is 12.0. The van der Waals surface area contributed by atoms with Crippen molar-refractivity contribution in [2.45, 2.75) is 19.6 Å². The molecule has 29 heavy (non-hydrogen) atoms. The number of epoxide rings is 1. The summed E-state index contributed by atoms with van der Waals surface area (Å²) in [6.45, 7) is 4.49. The zero-order valence-corrected chi connectivity index (χ0v) is 16.9. The average molecular weight is 393 g/mol. The van der Waals surface area contributed by atoms with E-state index in [0.717, 1.165) is 22.3 Å². The van der Waals surface area contributed by atoms with Crippen LogP contribution in [0.5, 0.6) is 11.5 Å². The lowest BCUT2D eigenvalue weighted by molar-refractivity contribution is 0.103. The zero-order chi connectivity index (χ0) is 20.6. The smallest absolute Gasteiger partial charge is 0.338 e. The van der Waals surface area contributed by atoms with Gasteiger partial charge in [-0.3, -0.25) is 0 Å². The van der Waals surface area contributed by atoms with Crippen molar-refractivity contribution < 1.29 is 18.6 Å². The number of anilines is 2. The highest BCUT2D eigenvalue weighted by molar-refractivity contribution is 5.92. The standard InChI is InChI=1S/C23H23NO5/c1-15(2)13-23(14-27-23)29-21-11-16(9-10-20(21)26-4)24(3)18-12-22(25)28-19-8-6-5-7-17(18)19/h5-13H,14H2,1-4H3. The first-order valence-corrected chi connectivity index (χ1v) is 9.34. The fourth-order valence-electron chi connectivity index (χ4n) is 3.33. The molecule has 3 aromatic rings. The molecule has 0 spiro atoms. The van der Waals surface area contributed by atoms with Crippen molar-refractivity contribution in [2.75, 3.05) is 25.7 Å². The maximum Gasteiger partial charge on any atom is 0.338 e. The predicted octanol–water partition coefficient (Wildman–Crippen LogP) is 4.64. The van der Waals surface area contributed by atoms with Crippen molar-refractivity contribution in [3.63, 3.8) is 0 Å². The Kier molecular flexibility index (Phi) is 4.80. The molecule has 0 amide bonds. The molecule has 0 saturated carbocycles. The van der Waals surface area contributed by atoms with E-state index in [-0.39, 0.29) is 0 Å². The first kappa shape index (κ1) is 19.1. The Morgan fingerprint density at radius 3 is 2.59 bits per heavy atom. The van der Waals surface area contributed by atoms with E-state index < -0.39 is 11.4 Å². The third-order valence-electron chi connectivity index (χ3n) is 4.74. The van der Waals surface area contributed by atoms with Crippen molar-refractivity contribution in [1.29, 1.82) is 0 Å². The zero-order valence-electron chi connectivity index (χ0n) is 16.9. The molecule has 1 saturated heterocycles. The first-order chi connectivity index (χ1) is 13.9. The molecule has 1 aliphatic heterocycles. The Balaban J connectivity index is 1.75. The molecule has 1 aromatic heterocycles. The van der Waals surface area contributed by atoms with Gasteiger partial charge in [-0.25, -0.2) is 4.79 Å². The second kappa shape index (κ2) is 7.29. The van der Waals surface area contributed by atoms with E-state index in [1.807, 2.05) is 68.3 Å². The summed E-state index contributed by atoms with van der Waals surface area (Å²) in [6, 6.07) is 14.6. The van der Waals surface area contributed by atoms with Gasteiger partial charge < -0.3 is 23.5 Å². The molecule has 0 radical (unpaired) electrons. The van der Waals surface area contributed by atoms with Crippen LogP contribution in [-0.4, -0.2) is 26.6 Å². The first-order valence-electron chi connectivity index (χ1n) is 9.34. The third-order valence-corrected chi connectivity index (χ3v) is 4.74. The van der Waals surface area contributed by atoms with Crippen LogP contribution >= 0.6 is 0 Å². The minimum Gasteiger partial charge on any atom is -0.493 e. The van der Waals surface area contributed by atoms with Crippen molar-refractivity contribution in [3.05, 3.63) is 70.6 Å². The number of hydrogen-bond acceptors (Lipinski definition) is 6. The lowest BCUT2D eigenvalue weighted by atomic mass is 10.1. The summed E-state index contributed by atoms with van der Waals surface area (Å²) < 4.78 is 22.5. The highest BCUT2D eigenvalue weighted by Crippen LogP contribution is 2.41. The minimum atomic E-state index is -0.746. The maximum atomic E-state index is 12.0. The summed E-state index contributed by atoms with van der Waals surface area (Å²) in [4.78, 5) is 14.0. The molecule has 6 nitrogen and oxygen atoms in total. The summed E-state index contributed by atoms with van der Waals surface area (Å²) in [5.74, 6) is 0.430.